The molecule has 0 amide bonds. The Kier molecular flexibility index (Phi) is 4.72. The van der Waals surface area contributed by atoms with Crippen molar-refractivity contribution in [2.24, 2.45) is 5.92 Å². The van der Waals surface area contributed by atoms with Crippen LogP contribution in [0.4, 0.5) is 0 Å². The quantitative estimate of drug-likeness (QED) is 0.894. The molecule has 1 N–H and O–H groups in total. The lowest BCUT2D eigenvalue weighted by molar-refractivity contribution is 0.223. The zero-order valence-corrected chi connectivity index (χ0v) is 14.4. The summed E-state index contributed by atoms with van der Waals surface area (Å²) in [5.41, 5.74) is 1.10. The lowest BCUT2D eigenvalue weighted by Gasteiger charge is -2.16. The van der Waals surface area contributed by atoms with Crippen molar-refractivity contribution in [2.75, 3.05) is 26.8 Å². The van der Waals surface area contributed by atoms with Crippen molar-refractivity contribution in [1.29, 1.82) is 0 Å². The summed E-state index contributed by atoms with van der Waals surface area (Å²) in [7, 11) is -2.02. The Morgan fingerprint density at radius 3 is 2.57 bits per heavy atom. The Balaban J connectivity index is 1.85. The van der Waals surface area contributed by atoms with Crippen molar-refractivity contribution in [1.82, 2.24) is 4.31 Å². The minimum absolute atomic E-state index is 0.0187. The van der Waals surface area contributed by atoms with Gasteiger partial charge in [0, 0.05) is 31.5 Å². The van der Waals surface area contributed by atoms with E-state index in [9.17, 15) is 13.5 Å². The molecule has 1 saturated heterocycles. The molecule has 0 radical (unpaired) electrons. The maximum atomic E-state index is 12.8. The van der Waals surface area contributed by atoms with Gasteiger partial charge in [-0.25, -0.2) is 8.42 Å². The molecule has 1 fully saturated rings. The molecule has 1 aromatic carbocycles. The first-order valence-corrected chi connectivity index (χ1v) is 9.71. The highest BCUT2D eigenvalue weighted by atomic mass is 32.2. The summed E-state index contributed by atoms with van der Waals surface area (Å²) >= 11 is 1.58. The predicted octanol–water partition coefficient (Wildman–Crippen LogP) is 2.15. The minimum atomic E-state index is -3.56. The monoisotopic (exact) mass is 353 g/mol. The van der Waals surface area contributed by atoms with Crippen LogP contribution in [0.2, 0.25) is 0 Å². The number of hydrogen-bond acceptors (Lipinski definition) is 5. The standard InChI is InChI=1S/C16H19NO4S2/c1-21-14-2-4-15(5-3-14)23(19,20)17-8-13(10-18)16(9-17)12-6-7-22-11-12/h2-7,11,13,16,18H,8-10H2,1H3/t13-,16-/m0/s1. The molecular formula is C16H19NO4S2. The van der Waals surface area contributed by atoms with E-state index in [1.807, 2.05) is 16.8 Å². The number of aliphatic hydroxyl groups excluding tert-OH is 1. The van der Waals surface area contributed by atoms with Crippen LogP contribution in [-0.2, 0) is 10.0 Å². The third kappa shape index (κ3) is 3.14. The van der Waals surface area contributed by atoms with Crippen LogP contribution < -0.4 is 4.74 Å². The number of benzene rings is 1. The first kappa shape index (κ1) is 16.4. The SMILES string of the molecule is COc1ccc(S(=O)(=O)N2C[C@@H](CO)[C@H](c3ccsc3)C2)cc1. The number of ether oxygens (including phenoxy) is 1. The smallest absolute Gasteiger partial charge is 0.243 e. The number of thiophene rings is 1. The zero-order valence-electron chi connectivity index (χ0n) is 12.8. The van der Waals surface area contributed by atoms with Crippen molar-refractivity contribution in [3.05, 3.63) is 46.7 Å². The van der Waals surface area contributed by atoms with Gasteiger partial charge < -0.3 is 9.84 Å². The number of methoxy groups -OCH3 is 1. The van der Waals surface area contributed by atoms with Gasteiger partial charge in [0.25, 0.3) is 0 Å². The average molecular weight is 353 g/mol. The molecule has 0 unspecified atom stereocenters. The summed E-state index contributed by atoms with van der Waals surface area (Å²) in [6.07, 6.45) is 0. The van der Waals surface area contributed by atoms with E-state index >= 15 is 0 Å². The highest BCUT2D eigenvalue weighted by Gasteiger charge is 2.39. The molecule has 3 rings (SSSR count). The number of sulfonamides is 1. The van der Waals surface area contributed by atoms with Crippen molar-refractivity contribution in [3.63, 3.8) is 0 Å². The Hall–Kier alpha value is -1.41. The van der Waals surface area contributed by atoms with Gasteiger partial charge in [0.05, 0.1) is 12.0 Å². The van der Waals surface area contributed by atoms with E-state index in [4.69, 9.17) is 4.74 Å². The summed E-state index contributed by atoms with van der Waals surface area (Å²) < 4.78 is 32.2. The van der Waals surface area contributed by atoms with Gasteiger partial charge in [-0.05, 0) is 46.7 Å². The molecule has 0 spiro atoms. The topological polar surface area (TPSA) is 66.8 Å². The van der Waals surface area contributed by atoms with Crippen LogP contribution in [0, 0.1) is 5.92 Å². The zero-order chi connectivity index (χ0) is 16.4. The average Bonchev–Trinajstić information content (AvgIpc) is 3.23. The first-order valence-electron chi connectivity index (χ1n) is 7.33. The van der Waals surface area contributed by atoms with Crippen molar-refractivity contribution in [3.8, 4) is 5.75 Å². The number of nitrogens with zero attached hydrogens (tertiary/aromatic N) is 1. The fourth-order valence-corrected chi connectivity index (χ4v) is 5.22. The molecular weight excluding hydrogens is 334 g/mol. The van der Waals surface area contributed by atoms with Gasteiger partial charge in [0.1, 0.15) is 5.75 Å². The molecule has 1 aliphatic rings. The predicted molar refractivity (Wildman–Crippen MR) is 89.4 cm³/mol. The summed E-state index contributed by atoms with van der Waals surface area (Å²) in [6.45, 7) is 0.719. The summed E-state index contributed by atoms with van der Waals surface area (Å²) in [5, 5.41) is 13.6. The fourth-order valence-electron chi connectivity index (χ4n) is 2.97. The maximum absolute atomic E-state index is 12.8. The maximum Gasteiger partial charge on any atom is 0.243 e. The van der Waals surface area contributed by atoms with E-state index in [0.29, 0.717) is 18.8 Å². The van der Waals surface area contributed by atoms with Crippen molar-refractivity contribution in [2.45, 2.75) is 10.8 Å². The van der Waals surface area contributed by atoms with Crippen molar-refractivity contribution < 1.29 is 18.3 Å². The number of rotatable bonds is 5. The highest BCUT2D eigenvalue weighted by Crippen LogP contribution is 2.36. The van der Waals surface area contributed by atoms with E-state index in [-0.39, 0.29) is 23.3 Å². The van der Waals surface area contributed by atoms with Crippen LogP contribution in [-0.4, -0.2) is 44.6 Å². The van der Waals surface area contributed by atoms with E-state index in [2.05, 4.69) is 0 Å². The second kappa shape index (κ2) is 6.60. The summed E-state index contributed by atoms with van der Waals surface area (Å²) in [6, 6.07) is 8.40. The van der Waals surface area contributed by atoms with Crippen LogP contribution in [0.25, 0.3) is 0 Å². The van der Waals surface area contributed by atoms with Gasteiger partial charge in [0.2, 0.25) is 10.0 Å². The largest absolute Gasteiger partial charge is 0.497 e. The third-order valence-electron chi connectivity index (χ3n) is 4.31. The van der Waals surface area contributed by atoms with Crippen LogP contribution >= 0.6 is 11.3 Å². The van der Waals surface area contributed by atoms with Crippen LogP contribution in [0.15, 0.2) is 46.0 Å². The van der Waals surface area contributed by atoms with E-state index in [0.717, 1.165) is 5.56 Å². The molecule has 0 aliphatic carbocycles. The van der Waals surface area contributed by atoms with Gasteiger partial charge in [-0.2, -0.15) is 15.6 Å². The second-order valence-electron chi connectivity index (χ2n) is 5.60. The number of hydrogen-bond donors (Lipinski definition) is 1. The Morgan fingerprint density at radius 2 is 2.00 bits per heavy atom. The Labute approximate surface area is 140 Å². The number of aliphatic hydroxyl groups is 1. The lowest BCUT2D eigenvalue weighted by Crippen LogP contribution is -2.29. The Bertz CT molecular complexity index is 741. The normalized spacial score (nSPS) is 22.3. The highest BCUT2D eigenvalue weighted by molar-refractivity contribution is 7.89. The van der Waals surface area contributed by atoms with Gasteiger partial charge >= 0.3 is 0 Å². The molecule has 0 saturated carbocycles. The summed E-state index contributed by atoms with van der Waals surface area (Å²) in [4.78, 5) is 0.251. The molecule has 2 atom stereocenters. The second-order valence-corrected chi connectivity index (χ2v) is 8.32. The van der Waals surface area contributed by atoms with Gasteiger partial charge in [-0.3, -0.25) is 0 Å². The van der Waals surface area contributed by atoms with Gasteiger partial charge in [-0.15, -0.1) is 0 Å². The minimum Gasteiger partial charge on any atom is -0.497 e. The van der Waals surface area contributed by atoms with E-state index in [1.165, 1.54) is 4.31 Å². The lowest BCUT2D eigenvalue weighted by atomic mass is 9.92. The molecule has 2 aromatic rings. The van der Waals surface area contributed by atoms with Gasteiger partial charge in [0.15, 0.2) is 0 Å². The molecule has 1 aromatic heterocycles. The first-order chi connectivity index (χ1) is 11.1. The molecule has 2 heterocycles. The summed E-state index contributed by atoms with van der Waals surface area (Å²) in [5.74, 6) is 0.589. The molecule has 1 aliphatic heterocycles. The molecule has 124 valence electrons. The van der Waals surface area contributed by atoms with E-state index in [1.54, 1.807) is 42.7 Å². The molecule has 23 heavy (non-hydrogen) atoms. The van der Waals surface area contributed by atoms with Crippen LogP contribution in [0.1, 0.15) is 11.5 Å². The van der Waals surface area contributed by atoms with Gasteiger partial charge in [-0.1, -0.05) is 0 Å². The van der Waals surface area contributed by atoms with Crippen molar-refractivity contribution >= 4 is 21.4 Å². The van der Waals surface area contributed by atoms with Crippen LogP contribution in [0.3, 0.4) is 0 Å². The molecule has 7 heteroatoms. The Morgan fingerprint density at radius 1 is 1.26 bits per heavy atom. The van der Waals surface area contributed by atoms with E-state index < -0.39 is 10.0 Å². The molecule has 5 nitrogen and oxygen atoms in total. The third-order valence-corrected chi connectivity index (χ3v) is 6.86. The fraction of sp³-hybridized carbons (Fsp3) is 0.375. The van der Waals surface area contributed by atoms with Crippen LogP contribution in [0.5, 0.6) is 5.75 Å². The molecule has 0 bridgehead atoms.